The Labute approximate surface area is 321 Å². The number of morpholine rings is 1. The first-order valence-electron chi connectivity index (χ1n) is 21.1. The van der Waals surface area contributed by atoms with Gasteiger partial charge in [0.15, 0.2) is 17.2 Å². The van der Waals surface area contributed by atoms with Gasteiger partial charge in [-0.1, -0.05) is 77.7 Å². The number of benzene rings is 1. The predicted molar refractivity (Wildman–Crippen MR) is 216 cm³/mol. The van der Waals surface area contributed by atoms with Crippen LogP contribution < -0.4 is 4.90 Å². The Morgan fingerprint density at radius 1 is 0.944 bits per heavy atom. The van der Waals surface area contributed by atoms with E-state index in [0.29, 0.717) is 41.2 Å². The van der Waals surface area contributed by atoms with Crippen molar-refractivity contribution in [2.45, 2.75) is 111 Å². The van der Waals surface area contributed by atoms with Crippen LogP contribution in [0.25, 0.3) is 33.6 Å². The molecule has 9 rings (SSSR count). The van der Waals surface area contributed by atoms with E-state index in [1.54, 1.807) is 30.0 Å². The Bertz CT molecular complexity index is 1970. The van der Waals surface area contributed by atoms with Crippen molar-refractivity contribution in [2.75, 3.05) is 31.2 Å². The number of pyridine rings is 1. The molecule has 8 atom stereocenters. The average molecular weight is 735 g/mol. The molecule has 0 unspecified atom stereocenters. The number of aliphatic hydroxyl groups excluding tert-OH is 1. The average Bonchev–Trinajstić information content (AvgIpc) is 3.73. The number of anilines is 1. The Hall–Kier alpha value is -3.49. The van der Waals surface area contributed by atoms with Gasteiger partial charge in [-0.25, -0.2) is 15.0 Å². The van der Waals surface area contributed by atoms with Crippen LogP contribution in [-0.2, 0) is 4.74 Å². The van der Waals surface area contributed by atoms with Crippen LogP contribution in [0.15, 0.2) is 58.7 Å². The second-order valence-electron chi connectivity index (χ2n) is 18.3. The zero-order chi connectivity index (χ0) is 37.6. The number of aromatic nitrogens is 3. The number of phenols is 1. The lowest BCUT2D eigenvalue weighted by atomic mass is 9.47. The summed E-state index contributed by atoms with van der Waals surface area (Å²) < 4.78 is 11.4. The van der Waals surface area contributed by atoms with E-state index in [9.17, 15) is 10.2 Å². The molecule has 0 bridgehead atoms. The molecular weight excluding hydrogens is 673 g/mol. The normalized spacial score (nSPS) is 31.4. The highest BCUT2D eigenvalue weighted by atomic mass is 16.5. The number of rotatable bonds is 7. The largest absolute Gasteiger partial charge is 0.508 e. The number of phenolic OH excluding ortho intramolecular Hbond substituents is 1. The number of furan rings is 1. The molecule has 4 aromatic rings. The van der Waals surface area contributed by atoms with Crippen molar-refractivity contribution in [2.24, 2.45) is 46.3 Å². The number of allylic oxidation sites excluding steroid dienone is 1. The fourth-order valence-corrected chi connectivity index (χ4v) is 11.9. The molecule has 2 N–H and O–H groups in total. The van der Waals surface area contributed by atoms with Gasteiger partial charge >= 0.3 is 0 Å². The first-order valence-corrected chi connectivity index (χ1v) is 21.1. The molecule has 8 nitrogen and oxygen atoms in total. The van der Waals surface area contributed by atoms with Gasteiger partial charge in [0.05, 0.1) is 24.7 Å². The van der Waals surface area contributed by atoms with Crippen molar-refractivity contribution in [3.8, 4) is 17.1 Å². The first-order chi connectivity index (χ1) is 26.0. The molecule has 3 saturated carbocycles. The van der Waals surface area contributed by atoms with Gasteiger partial charge in [-0.05, 0) is 122 Å². The first kappa shape index (κ1) is 37.4. The zero-order valence-electron chi connectivity index (χ0n) is 33.3. The molecule has 290 valence electrons. The highest BCUT2D eigenvalue weighted by molar-refractivity contribution is 6.05. The molecule has 0 spiro atoms. The van der Waals surface area contributed by atoms with Gasteiger partial charge < -0.3 is 24.3 Å². The summed E-state index contributed by atoms with van der Waals surface area (Å²) in [6, 6.07) is 10.7. The van der Waals surface area contributed by atoms with E-state index in [2.05, 4.69) is 50.6 Å². The summed E-state index contributed by atoms with van der Waals surface area (Å²) in [4.78, 5) is 15.9. The van der Waals surface area contributed by atoms with E-state index in [0.717, 1.165) is 83.7 Å². The molecule has 1 saturated heterocycles. The lowest BCUT2D eigenvalue weighted by Crippen LogP contribution is -2.50. The zero-order valence-corrected chi connectivity index (χ0v) is 33.3. The maximum Gasteiger partial charge on any atom is 0.229 e. The van der Waals surface area contributed by atoms with Crippen molar-refractivity contribution >= 4 is 28.0 Å². The van der Waals surface area contributed by atoms with Crippen molar-refractivity contribution in [3.63, 3.8) is 0 Å². The molecule has 3 aromatic heterocycles. The Morgan fingerprint density at radius 3 is 2.57 bits per heavy atom. The third-order valence-electron chi connectivity index (χ3n) is 14.8. The molecule has 4 aliphatic carbocycles. The summed E-state index contributed by atoms with van der Waals surface area (Å²) >= 11 is 0. The third-order valence-corrected chi connectivity index (χ3v) is 14.8. The summed E-state index contributed by atoms with van der Waals surface area (Å²) in [7, 11) is 0. The summed E-state index contributed by atoms with van der Waals surface area (Å²) in [6.07, 6.45) is 18.9. The van der Waals surface area contributed by atoms with Gasteiger partial charge in [0.1, 0.15) is 11.3 Å². The number of aromatic hydroxyl groups is 1. The van der Waals surface area contributed by atoms with Crippen LogP contribution in [0, 0.1) is 46.3 Å². The second-order valence-corrected chi connectivity index (χ2v) is 18.3. The number of hydrogen-bond donors (Lipinski definition) is 2. The minimum Gasteiger partial charge on any atom is -0.508 e. The Balaban J connectivity index is 0.000000153. The minimum atomic E-state index is -0.0766. The van der Waals surface area contributed by atoms with Gasteiger partial charge in [0.2, 0.25) is 5.71 Å². The maximum absolute atomic E-state index is 10.2. The monoisotopic (exact) mass is 734 g/mol. The summed E-state index contributed by atoms with van der Waals surface area (Å²) in [6.45, 7) is 15.3. The molecule has 0 amide bonds. The Morgan fingerprint density at radius 2 is 1.78 bits per heavy atom. The van der Waals surface area contributed by atoms with Crippen molar-refractivity contribution in [3.05, 3.63) is 54.2 Å². The summed E-state index contributed by atoms with van der Waals surface area (Å²) in [5.41, 5.74) is 5.25. The Kier molecular flexibility index (Phi) is 10.5. The van der Waals surface area contributed by atoms with E-state index >= 15 is 0 Å². The number of aliphatic hydroxyl groups is 1. The molecule has 0 radical (unpaired) electrons. The van der Waals surface area contributed by atoms with Crippen LogP contribution in [0.3, 0.4) is 0 Å². The third kappa shape index (κ3) is 6.95. The molecule has 54 heavy (non-hydrogen) atoms. The number of ether oxygens (including phenoxy) is 1. The van der Waals surface area contributed by atoms with Crippen LogP contribution in [0.1, 0.15) is 105 Å². The molecule has 8 heteroatoms. The van der Waals surface area contributed by atoms with Crippen molar-refractivity contribution < 1.29 is 19.4 Å². The second kappa shape index (κ2) is 15.2. The van der Waals surface area contributed by atoms with E-state index < -0.39 is 0 Å². The van der Waals surface area contributed by atoms with Gasteiger partial charge in [0.25, 0.3) is 0 Å². The van der Waals surface area contributed by atoms with Crippen LogP contribution in [0.4, 0.5) is 5.82 Å². The number of hydrogen-bond acceptors (Lipinski definition) is 8. The quantitative estimate of drug-likeness (QED) is 0.181. The fourth-order valence-electron chi connectivity index (χ4n) is 11.9. The van der Waals surface area contributed by atoms with Gasteiger partial charge in [-0.3, -0.25) is 0 Å². The maximum atomic E-state index is 10.2. The summed E-state index contributed by atoms with van der Waals surface area (Å²) in [5.74, 6) is 6.91. The van der Waals surface area contributed by atoms with E-state index in [1.807, 2.05) is 18.2 Å². The SMILES string of the molecule is CC(C)CCC[C@@H](C)[C@H]1CC[C@H]2[C@@H]3CC=C4C[C@@H](O)CC[C@]4(C)[C@H]3CC[C@]12C.Oc1cccc(-c2nc(N3CCOCC3)c3oc4ncccc4c3n2)c1. The molecular formula is C46H62N4O4. The number of fused-ring (bicyclic) bond motifs is 8. The highest BCUT2D eigenvalue weighted by Crippen LogP contribution is 2.67. The van der Waals surface area contributed by atoms with Crippen LogP contribution in [-0.4, -0.2) is 57.6 Å². The van der Waals surface area contributed by atoms with E-state index in [4.69, 9.17) is 19.1 Å². The van der Waals surface area contributed by atoms with Gasteiger partial charge in [-0.15, -0.1) is 0 Å². The van der Waals surface area contributed by atoms with Crippen LogP contribution in [0.2, 0.25) is 0 Å². The smallest absolute Gasteiger partial charge is 0.229 e. The lowest BCUT2D eigenvalue weighted by Gasteiger charge is -2.58. The van der Waals surface area contributed by atoms with E-state index in [-0.39, 0.29) is 11.9 Å². The topological polar surface area (TPSA) is 105 Å². The minimum absolute atomic E-state index is 0.0766. The molecule has 1 aliphatic heterocycles. The van der Waals surface area contributed by atoms with Crippen molar-refractivity contribution in [1.29, 1.82) is 0 Å². The van der Waals surface area contributed by atoms with Crippen LogP contribution >= 0.6 is 0 Å². The molecule has 4 fully saturated rings. The van der Waals surface area contributed by atoms with E-state index in [1.165, 1.54) is 57.8 Å². The van der Waals surface area contributed by atoms with Gasteiger partial charge in [0, 0.05) is 24.8 Å². The molecule has 1 aromatic carbocycles. The summed E-state index contributed by atoms with van der Waals surface area (Å²) in [5, 5.41) is 20.9. The van der Waals surface area contributed by atoms with Gasteiger partial charge in [-0.2, -0.15) is 0 Å². The fraction of sp³-hybridized carbons (Fsp3) is 0.630. The van der Waals surface area contributed by atoms with Crippen LogP contribution in [0.5, 0.6) is 5.75 Å². The molecule has 5 aliphatic rings. The molecule has 4 heterocycles. The predicted octanol–water partition coefficient (Wildman–Crippen LogP) is 10.4. The highest BCUT2D eigenvalue weighted by Gasteiger charge is 2.59. The van der Waals surface area contributed by atoms with Crippen molar-refractivity contribution in [1.82, 2.24) is 15.0 Å². The lowest BCUT2D eigenvalue weighted by molar-refractivity contribution is -0.0573. The standard InChI is InChI=1S/C27H46O.C19H16N4O3/c1-18(2)7-6-8-19(3)23-11-12-24-22-10-9-20-17-21(28)13-15-26(20,4)25(22)14-16-27(23,24)5;24-13-4-1-3-12(11-13)17-21-15-14-5-2-6-20-19(14)26-16(15)18(22-17)23-7-9-25-10-8-23/h9,18-19,21-25,28H,6-8,10-17H2,1-5H3;1-6,11,24H,7-10H2/t19-,21+,22+,23-,24+,25+,26+,27-;/m1./s1. The number of nitrogens with zero attached hydrogens (tertiary/aromatic N) is 4.